The lowest BCUT2D eigenvalue weighted by Gasteiger charge is -2.13. The quantitative estimate of drug-likeness (QED) is 0.685. The predicted octanol–water partition coefficient (Wildman–Crippen LogP) is 4.30. The molecular weight excluding hydrogens is 342 g/mol. The molecule has 0 bridgehead atoms. The zero-order chi connectivity index (χ0) is 19.6. The molecule has 0 radical (unpaired) electrons. The first-order chi connectivity index (χ1) is 12.9. The Morgan fingerprint density at radius 3 is 2.41 bits per heavy atom. The van der Waals surface area contributed by atoms with Crippen molar-refractivity contribution in [3.05, 3.63) is 69.1 Å². The average molecular weight is 365 g/mol. The molecule has 0 saturated heterocycles. The SMILES string of the molecule is CCc1c(C)c2ccc(OCC(=O)Nc3ccc(C)cc3)c(C)c2oc1=O. The van der Waals surface area contributed by atoms with Crippen LogP contribution < -0.4 is 15.7 Å². The lowest BCUT2D eigenvalue weighted by atomic mass is 10.0. The third kappa shape index (κ3) is 3.87. The molecule has 5 nitrogen and oxygen atoms in total. The van der Waals surface area contributed by atoms with E-state index in [0.29, 0.717) is 28.9 Å². The van der Waals surface area contributed by atoms with Gasteiger partial charge < -0.3 is 14.5 Å². The van der Waals surface area contributed by atoms with Crippen LogP contribution in [0.3, 0.4) is 0 Å². The number of amides is 1. The van der Waals surface area contributed by atoms with Crippen molar-refractivity contribution in [3.63, 3.8) is 0 Å². The van der Waals surface area contributed by atoms with Crippen molar-refractivity contribution < 1.29 is 13.9 Å². The minimum absolute atomic E-state index is 0.128. The fourth-order valence-electron chi connectivity index (χ4n) is 3.11. The van der Waals surface area contributed by atoms with Crippen LogP contribution in [0.15, 0.2) is 45.6 Å². The number of hydrogen-bond acceptors (Lipinski definition) is 4. The van der Waals surface area contributed by atoms with Gasteiger partial charge >= 0.3 is 5.63 Å². The lowest BCUT2D eigenvalue weighted by Crippen LogP contribution is -2.20. The molecule has 1 aromatic heterocycles. The topological polar surface area (TPSA) is 68.5 Å². The molecule has 0 aliphatic rings. The number of benzene rings is 2. The van der Waals surface area contributed by atoms with E-state index in [4.69, 9.17) is 9.15 Å². The van der Waals surface area contributed by atoms with E-state index in [1.807, 2.05) is 64.1 Å². The number of carbonyl (C=O) groups is 1. The molecule has 1 amide bonds. The molecule has 2 aromatic carbocycles. The molecule has 0 unspecified atom stereocenters. The highest BCUT2D eigenvalue weighted by Gasteiger charge is 2.15. The highest BCUT2D eigenvalue weighted by atomic mass is 16.5. The number of rotatable bonds is 5. The normalized spacial score (nSPS) is 10.8. The zero-order valence-electron chi connectivity index (χ0n) is 16.0. The van der Waals surface area contributed by atoms with E-state index in [9.17, 15) is 9.59 Å². The van der Waals surface area contributed by atoms with Gasteiger partial charge in [-0.25, -0.2) is 4.79 Å². The van der Waals surface area contributed by atoms with Crippen LogP contribution in [0.5, 0.6) is 5.75 Å². The molecule has 0 aliphatic carbocycles. The van der Waals surface area contributed by atoms with E-state index >= 15 is 0 Å². The molecule has 0 atom stereocenters. The Labute approximate surface area is 158 Å². The monoisotopic (exact) mass is 365 g/mol. The number of ether oxygens (including phenoxy) is 1. The molecule has 27 heavy (non-hydrogen) atoms. The van der Waals surface area contributed by atoms with Gasteiger partial charge in [-0.1, -0.05) is 24.6 Å². The van der Waals surface area contributed by atoms with Crippen molar-refractivity contribution >= 4 is 22.6 Å². The first-order valence-corrected chi connectivity index (χ1v) is 8.96. The van der Waals surface area contributed by atoms with Gasteiger partial charge in [0, 0.05) is 22.2 Å². The van der Waals surface area contributed by atoms with E-state index < -0.39 is 0 Å². The summed E-state index contributed by atoms with van der Waals surface area (Å²) in [6, 6.07) is 11.2. The fourth-order valence-corrected chi connectivity index (χ4v) is 3.11. The molecule has 140 valence electrons. The molecule has 3 rings (SSSR count). The number of hydrogen-bond donors (Lipinski definition) is 1. The second-order valence-electron chi connectivity index (χ2n) is 6.61. The molecule has 1 N–H and O–H groups in total. The Balaban J connectivity index is 1.79. The van der Waals surface area contributed by atoms with Gasteiger partial charge in [-0.15, -0.1) is 0 Å². The molecule has 0 spiro atoms. The Hall–Kier alpha value is -3.08. The van der Waals surface area contributed by atoms with Crippen molar-refractivity contribution in [2.75, 3.05) is 11.9 Å². The van der Waals surface area contributed by atoms with Gasteiger partial charge in [0.25, 0.3) is 5.91 Å². The Morgan fingerprint density at radius 1 is 1.04 bits per heavy atom. The summed E-state index contributed by atoms with van der Waals surface area (Å²) in [7, 11) is 0. The molecule has 3 aromatic rings. The summed E-state index contributed by atoms with van der Waals surface area (Å²) in [5.74, 6) is 0.269. The second-order valence-corrected chi connectivity index (χ2v) is 6.61. The zero-order valence-corrected chi connectivity index (χ0v) is 16.0. The van der Waals surface area contributed by atoms with Crippen molar-refractivity contribution in [2.24, 2.45) is 0 Å². The highest BCUT2D eigenvalue weighted by Crippen LogP contribution is 2.29. The number of aryl methyl sites for hydroxylation is 3. The maximum atomic E-state index is 12.2. The summed E-state index contributed by atoms with van der Waals surface area (Å²) < 4.78 is 11.2. The first kappa shape index (κ1) is 18.7. The third-order valence-corrected chi connectivity index (χ3v) is 4.70. The van der Waals surface area contributed by atoms with Gasteiger partial charge in [0.05, 0.1) is 0 Å². The molecule has 0 aliphatic heterocycles. The number of anilines is 1. The summed E-state index contributed by atoms with van der Waals surface area (Å²) >= 11 is 0. The smallest absolute Gasteiger partial charge is 0.339 e. The van der Waals surface area contributed by atoms with E-state index in [-0.39, 0.29) is 18.1 Å². The van der Waals surface area contributed by atoms with Gasteiger partial charge in [-0.05, 0) is 57.0 Å². The Morgan fingerprint density at radius 2 is 1.74 bits per heavy atom. The van der Waals surface area contributed by atoms with E-state index in [2.05, 4.69) is 5.32 Å². The number of fused-ring (bicyclic) bond motifs is 1. The standard InChI is InChI=1S/C22H23NO4/c1-5-17-14(3)18-10-11-19(15(4)21(18)27-22(17)25)26-12-20(24)23-16-8-6-13(2)7-9-16/h6-11H,5,12H2,1-4H3,(H,23,24). The average Bonchev–Trinajstić information content (AvgIpc) is 2.64. The van der Waals surface area contributed by atoms with Crippen molar-refractivity contribution in [2.45, 2.75) is 34.1 Å². The van der Waals surface area contributed by atoms with Gasteiger partial charge in [0.15, 0.2) is 6.61 Å². The molecular formula is C22H23NO4. The second kappa shape index (κ2) is 7.66. The third-order valence-electron chi connectivity index (χ3n) is 4.70. The van der Waals surface area contributed by atoms with Crippen LogP contribution in [0.4, 0.5) is 5.69 Å². The van der Waals surface area contributed by atoms with Crippen LogP contribution >= 0.6 is 0 Å². The van der Waals surface area contributed by atoms with Crippen LogP contribution in [0.1, 0.15) is 29.2 Å². The van der Waals surface area contributed by atoms with Crippen molar-refractivity contribution in [3.8, 4) is 5.75 Å². The van der Waals surface area contributed by atoms with Crippen LogP contribution in [-0.4, -0.2) is 12.5 Å². The van der Waals surface area contributed by atoms with Crippen molar-refractivity contribution in [1.29, 1.82) is 0 Å². The summed E-state index contributed by atoms with van der Waals surface area (Å²) in [5.41, 5.74) is 4.35. The lowest BCUT2D eigenvalue weighted by molar-refractivity contribution is -0.118. The van der Waals surface area contributed by atoms with Crippen molar-refractivity contribution in [1.82, 2.24) is 0 Å². The Kier molecular flexibility index (Phi) is 5.31. The minimum atomic E-state index is -0.320. The van der Waals surface area contributed by atoms with Gasteiger partial charge in [0.2, 0.25) is 0 Å². The van der Waals surface area contributed by atoms with Crippen LogP contribution in [0, 0.1) is 20.8 Å². The van der Waals surface area contributed by atoms with E-state index in [1.165, 1.54) is 0 Å². The van der Waals surface area contributed by atoms with Gasteiger partial charge in [-0.2, -0.15) is 0 Å². The maximum absolute atomic E-state index is 12.2. The summed E-state index contributed by atoms with van der Waals surface area (Å²) in [5, 5.41) is 3.68. The summed E-state index contributed by atoms with van der Waals surface area (Å²) in [6.07, 6.45) is 0.626. The van der Waals surface area contributed by atoms with E-state index in [1.54, 1.807) is 0 Å². The largest absolute Gasteiger partial charge is 0.483 e. The van der Waals surface area contributed by atoms with Crippen LogP contribution in [0.2, 0.25) is 0 Å². The predicted molar refractivity (Wildman–Crippen MR) is 107 cm³/mol. The summed E-state index contributed by atoms with van der Waals surface area (Å²) in [4.78, 5) is 24.3. The Bertz CT molecular complexity index is 1050. The number of nitrogens with one attached hydrogen (secondary N) is 1. The molecule has 5 heteroatoms. The van der Waals surface area contributed by atoms with E-state index in [0.717, 1.165) is 22.2 Å². The van der Waals surface area contributed by atoms with Crippen LogP contribution in [-0.2, 0) is 11.2 Å². The highest BCUT2D eigenvalue weighted by molar-refractivity contribution is 5.92. The van der Waals surface area contributed by atoms with Gasteiger partial charge in [0.1, 0.15) is 11.3 Å². The molecule has 0 fully saturated rings. The van der Waals surface area contributed by atoms with Gasteiger partial charge in [-0.3, -0.25) is 4.79 Å². The number of carbonyl (C=O) groups excluding carboxylic acids is 1. The first-order valence-electron chi connectivity index (χ1n) is 8.96. The minimum Gasteiger partial charge on any atom is -0.483 e. The summed E-state index contributed by atoms with van der Waals surface area (Å²) in [6.45, 7) is 7.54. The fraction of sp³-hybridized carbons (Fsp3) is 0.273. The molecule has 0 saturated carbocycles. The van der Waals surface area contributed by atoms with Crippen LogP contribution in [0.25, 0.3) is 11.0 Å². The molecule has 1 heterocycles. The maximum Gasteiger partial charge on any atom is 0.339 e.